The molecule has 0 amide bonds. The van der Waals surface area contributed by atoms with Gasteiger partial charge in [-0.05, 0) is 32.4 Å². The van der Waals surface area contributed by atoms with Gasteiger partial charge in [-0.3, -0.25) is 0 Å². The first-order chi connectivity index (χ1) is 6.61. The monoisotopic (exact) mass is 198 g/mol. The van der Waals surface area contributed by atoms with E-state index in [0.29, 0.717) is 6.04 Å². The summed E-state index contributed by atoms with van der Waals surface area (Å²) in [7, 11) is 2.25. The smallest absolute Gasteiger partial charge is 0.00847 e. The molecular formula is C12H26N2. The van der Waals surface area contributed by atoms with Crippen LogP contribution in [0.15, 0.2) is 0 Å². The first-order valence-corrected chi connectivity index (χ1v) is 6.06. The number of hydrogen-bond donors (Lipinski definition) is 1. The Hall–Kier alpha value is -0.0800. The van der Waals surface area contributed by atoms with Gasteiger partial charge in [0.2, 0.25) is 0 Å². The Labute approximate surface area is 89.1 Å². The van der Waals surface area contributed by atoms with Crippen molar-refractivity contribution in [3.8, 4) is 0 Å². The van der Waals surface area contributed by atoms with Gasteiger partial charge < -0.3 is 10.2 Å². The predicted molar refractivity (Wildman–Crippen MR) is 62.6 cm³/mol. The largest absolute Gasteiger partial charge is 0.312 e. The average Bonchev–Trinajstić information content (AvgIpc) is 2.27. The summed E-state index contributed by atoms with van der Waals surface area (Å²) >= 11 is 0. The molecule has 0 spiro atoms. The van der Waals surface area contributed by atoms with Gasteiger partial charge in [0.05, 0.1) is 0 Å². The first-order valence-electron chi connectivity index (χ1n) is 6.06. The maximum absolute atomic E-state index is 3.68. The van der Waals surface area contributed by atoms with Gasteiger partial charge >= 0.3 is 0 Å². The molecule has 2 atom stereocenters. The lowest BCUT2D eigenvalue weighted by Gasteiger charge is -2.22. The van der Waals surface area contributed by atoms with Crippen molar-refractivity contribution in [1.82, 2.24) is 10.2 Å². The Morgan fingerprint density at radius 2 is 2.14 bits per heavy atom. The number of rotatable bonds is 3. The summed E-state index contributed by atoms with van der Waals surface area (Å²) < 4.78 is 0. The molecule has 1 unspecified atom stereocenters. The number of nitrogens with one attached hydrogen (secondary N) is 1. The molecule has 1 rings (SSSR count). The van der Waals surface area contributed by atoms with Crippen LogP contribution in [0, 0.1) is 5.92 Å². The van der Waals surface area contributed by atoms with E-state index in [9.17, 15) is 0 Å². The average molecular weight is 198 g/mol. The fraction of sp³-hybridized carbons (Fsp3) is 1.00. The van der Waals surface area contributed by atoms with E-state index in [4.69, 9.17) is 0 Å². The lowest BCUT2D eigenvalue weighted by molar-refractivity contribution is 0.294. The van der Waals surface area contributed by atoms with E-state index < -0.39 is 0 Å². The molecule has 84 valence electrons. The van der Waals surface area contributed by atoms with Crippen LogP contribution in [0.3, 0.4) is 0 Å². The van der Waals surface area contributed by atoms with Crippen molar-refractivity contribution in [3.63, 3.8) is 0 Å². The second kappa shape index (κ2) is 5.72. The summed E-state index contributed by atoms with van der Waals surface area (Å²) in [6.07, 6.45) is 3.99. The Morgan fingerprint density at radius 1 is 1.43 bits per heavy atom. The summed E-state index contributed by atoms with van der Waals surface area (Å²) in [5.41, 5.74) is 0. The molecule has 14 heavy (non-hydrogen) atoms. The van der Waals surface area contributed by atoms with E-state index >= 15 is 0 Å². The zero-order valence-electron chi connectivity index (χ0n) is 10.2. The second-order valence-electron chi connectivity index (χ2n) is 5.08. The maximum atomic E-state index is 3.68. The lowest BCUT2D eigenvalue weighted by Crippen LogP contribution is -2.36. The van der Waals surface area contributed by atoms with Gasteiger partial charge in [0.15, 0.2) is 0 Å². The van der Waals surface area contributed by atoms with E-state index in [0.717, 1.165) is 12.0 Å². The number of nitrogens with zero attached hydrogens (tertiary/aromatic N) is 1. The third-order valence-electron chi connectivity index (χ3n) is 3.19. The highest BCUT2D eigenvalue weighted by molar-refractivity contribution is 4.79. The van der Waals surface area contributed by atoms with Crippen LogP contribution in [0.4, 0.5) is 0 Å². The Bertz CT molecular complexity index is 156. The fourth-order valence-electron chi connectivity index (χ4n) is 2.42. The van der Waals surface area contributed by atoms with Gasteiger partial charge in [-0.15, -0.1) is 0 Å². The summed E-state index contributed by atoms with van der Waals surface area (Å²) in [6.45, 7) is 9.34. The first kappa shape index (κ1) is 12.0. The molecule has 0 aromatic heterocycles. The third-order valence-corrected chi connectivity index (χ3v) is 3.19. The summed E-state index contributed by atoms with van der Waals surface area (Å²) in [5.74, 6) is 0.888. The molecule has 0 saturated carbocycles. The Morgan fingerprint density at radius 3 is 2.71 bits per heavy atom. The lowest BCUT2D eigenvalue weighted by atomic mass is 9.97. The van der Waals surface area contributed by atoms with Crippen LogP contribution >= 0.6 is 0 Å². The molecule has 1 aliphatic rings. The molecule has 1 heterocycles. The molecule has 0 radical (unpaired) electrons. The fourth-order valence-corrected chi connectivity index (χ4v) is 2.42. The second-order valence-corrected chi connectivity index (χ2v) is 5.08. The van der Waals surface area contributed by atoms with Gasteiger partial charge in [0.25, 0.3) is 0 Å². The molecule has 0 bridgehead atoms. The van der Waals surface area contributed by atoms with Crippen molar-refractivity contribution in [3.05, 3.63) is 0 Å². The maximum Gasteiger partial charge on any atom is 0.00847 e. The zero-order chi connectivity index (χ0) is 10.6. The minimum Gasteiger partial charge on any atom is -0.312 e. The van der Waals surface area contributed by atoms with Crippen molar-refractivity contribution in [1.29, 1.82) is 0 Å². The van der Waals surface area contributed by atoms with E-state index in [-0.39, 0.29) is 0 Å². The molecule has 1 aliphatic heterocycles. The van der Waals surface area contributed by atoms with E-state index in [2.05, 4.69) is 38.0 Å². The van der Waals surface area contributed by atoms with Gasteiger partial charge in [-0.1, -0.05) is 27.2 Å². The molecule has 0 aliphatic carbocycles. The Balaban J connectivity index is 2.44. The van der Waals surface area contributed by atoms with Crippen molar-refractivity contribution >= 4 is 0 Å². The van der Waals surface area contributed by atoms with Crippen molar-refractivity contribution in [2.24, 2.45) is 5.92 Å². The minimum atomic E-state index is 0.626. The quantitative estimate of drug-likeness (QED) is 0.747. The zero-order valence-corrected chi connectivity index (χ0v) is 10.2. The minimum absolute atomic E-state index is 0.626. The van der Waals surface area contributed by atoms with E-state index in [1.807, 2.05) is 0 Å². The van der Waals surface area contributed by atoms with Crippen LogP contribution in [-0.2, 0) is 0 Å². The molecule has 0 aromatic carbocycles. The highest BCUT2D eigenvalue weighted by Crippen LogP contribution is 2.19. The molecule has 2 heteroatoms. The molecule has 1 saturated heterocycles. The summed E-state index contributed by atoms with van der Waals surface area (Å²) in [5, 5.41) is 3.68. The van der Waals surface area contributed by atoms with E-state index in [1.165, 1.54) is 32.4 Å². The molecule has 0 aromatic rings. The van der Waals surface area contributed by atoms with Crippen LogP contribution in [0.2, 0.25) is 0 Å². The Kier molecular flexibility index (Phi) is 4.90. The normalized spacial score (nSPS) is 30.6. The van der Waals surface area contributed by atoms with Crippen LogP contribution in [0.5, 0.6) is 0 Å². The SMILES string of the molecule is CC[C@H]1CC(NC(C)C)CCN(C)C1. The number of likely N-dealkylation sites (tertiary alicyclic amines) is 1. The van der Waals surface area contributed by atoms with E-state index in [1.54, 1.807) is 0 Å². The highest BCUT2D eigenvalue weighted by atomic mass is 15.1. The summed E-state index contributed by atoms with van der Waals surface area (Å²) in [6, 6.07) is 1.37. The van der Waals surface area contributed by atoms with Gasteiger partial charge in [0, 0.05) is 18.6 Å². The van der Waals surface area contributed by atoms with Crippen molar-refractivity contribution in [2.45, 2.75) is 52.1 Å². The topological polar surface area (TPSA) is 15.3 Å². The number of hydrogen-bond acceptors (Lipinski definition) is 2. The summed E-state index contributed by atoms with van der Waals surface area (Å²) in [4.78, 5) is 2.48. The highest BCUT2D eigenvalue weighted by Gasteiger charge is 2.21. The molecule has 2 nitrogen and oxygen atoms in total. The predicted octanol–water partition coefficient (Wildman–Crippen LogP) is 2.10. The van der Waals surface area contributed by atoms with Crippen LogP contribution in [0.25, 0.3) is 0 Å². The molecule has 1 N–H and O–H groups in total. The van der Waals surface area contributed by atoms with Crippen LogP contribution < -0.4 is 5.32 Å². The van der Waals surface area contributed by atoms with Gasteiger partial charge in [-0.25, -0.2) is 0 Å². The van der Waals surface area contributed by atoms with Crippen molar-refractivity contribution < 1.29 is 0 Å². The van der Waals surface area contributed by atoms with Gasteiger partial charge in [0.1, 0.15) is 0 Å². The van der Waals surface area contributed by atoms with Crippen LogP contribution in [-0.4, -0.2) is 37.1 Å². The third kappa shape index (κ3) is 3.97. The molecular weight excluding hydrogens is 172 g/mol. The van der Waals surface area contributed by atoms with Crippen LogP contribution in [0.1, 0.15) is 40.0 Å². The van der Waals surface area contributed by atoms with Gasteiger partial charge in [-0.2, -0.15) is 0 Å². The standard InChI is InChI=1S/C12H26N2/c1-5-11-8-12(13-10(2)3)6-7-14(4)9-11/h10-13H,5-9H2,1-4H3/t11-,12?/m0/s1. The van der Waals surface area contributed by atoms with Crippen molar-refractivity contribution in [2.75, 3.05) is 20.1 Å². The molecule has 1 fully saturated rings.